The number of carbonyl (C=O) groups is 1. The van der Waals surface area contributed by atoms with Gasteiger partial charge >= 0.3 is 0 Å². The molecule has 1 aliphatic carbocycles. The molecule has 160 valence electrons. The Labute approximate surface area is 175 Å². The van der Waals surface area contributed by atoms with Crippen molar-refractivity contribution in [1.82, 2.24) is 20.3 Å². The van der Waals surface area contributed by atoms with Crippen LogP contribution in [0.15, 0.2) is 18.3 Å². The van der Waals surface area contributed by atoms with Gasteiger partial charge in [0.25, 0.3) is 0 Å². The molecule has 9 heteroatoms. The molecule has 9 nitrogen and oxygen atoms in total. The van der Waals surface area contributed by atoms with Crippen LogP contribution in [-0.2, 0) is 22.4 Å². The number of pyridine rings is 1. The minimum absolute atomic E-state index is 0.0440. The normalized spacial score (nSPS) is 17.6. The Hall–Kier alpha value is -2.78. The first-order chi connectivity index (χ1) is 14.6. The average Bonchev–Trinajstić information content (AvgIpc) is 3.43. The molecule has 0 spiro atoms. The second-order valence-corrected chi connectivity index (χ2v) is 7.58. The summed E-state index contributed by atoms with van der Waals surface area (Å²) in [5, 5.41) is 12.0. The van der Waals surface area contributed by atoms with Gasteiger partial charge in [-0.1, -0.05) is 0 Å². The highest BCUT2D eigenvalue weighted by molar-refractivity contribution is 5.81. The number of aliphatic hydroxyl groups is 1. The Balaban J connectivity index is 1.56. The largest absolute Gasteiger partial charge is 0.491 e. The van der Waals surface area contributed by atoms with E-state index in [2.05, 4.69) is 10.3 Å². The Morgan fingerprint density at radius 2 is 2.30 bits per heavy atom. The summed E-state index contributed by atoms with van der Waals surface area (Å²) >= 11 is 0. The molecule has 0 aromatic carbocycles. The average molecular weight is 413 g/mol. The quantitative estimate of drug-likeness (QED) is 0.652. The minimum atomic E-state index is -0.0585. The van der Waals surface area contributed by atoms with Gasteiger partial charge in [-0.25, -0.2) is 9.97 Å². The zero-order chi connectivity index (χ0) is 20.9. The summed E-state index contributed by atoms with van der Waals surface area (Å²) in [7, 11) is 1.88. The van der Waals surface area contributed by atoms with Crippen molar-refractivity contribution in [1.29, 1.82) is 0 Å². The standard InChI is InChI=1S/C21H27N5O4/c1-26(12-19(28)23-14-6-9-29-13-14)21-16-3-2-4-17(16)24-20(25-21)18-11-15(5-7-22-18)30-10-8-27/h5,7,11,14,27H,2-4,6,8-10,12-13H2,1H3,(H,23,28). The molecular formula is C21H27N5O4. The number of amides is 1. The lowest BCUT2D eigenvalue weighted by atomic mass is 10.2. The molecule has 2 N–H and O–H groups in total. The SMILES string of the molecule is CN(CC(=O)NC1CCOC1)c1nc(-c2cc(OCCO)ccn2)nc2c1CCC2. The summed E-state index contributed by atoms with van der Waals surface area (Å²) < 4.78 is 10.8. The van der Waals surface area contributed by atoms with Crippen LogP contribution >= 0.6 is 0 Å². The Bertz CT molecular complexity index is 901. The molecule has 1 unspecified atom stereocenters. The fourth-order valence-electron chi connectivity index (χ4n) is 3.84. The molecule has 1 saturated heterocycles. The van der Waals surface area contributed by atoms with Gasteiger partial charge in [0, 0.05) is 37.2 Å². The maximum Gasteiger partial charge on any atom is 0.239 e. The van der Waals surface area contributed by atoms with Crippen LogP contribution in [0.1, 0.15) is 24.1 Å². The van der Waals surface area contributed by atoms with Crippen LogP contribution in [0.5, 0.6) is 5.75 Å². The Morgan fingerprint density at radius 3 is 3.10 bits per heavy atom. The van der Waals surface area contributed by atoms with Gasteiger partial charge in [0.1, 0.15) is 23.9 Å². The third-order valence-corrected chi connectivity index (χ3v) is 5.27. The van der Waals surface area contributed by atoms with E-state index in [1.807, 2.05) is 11.9 Å². The van der Waals surface area contributed by atoms with Crippen molar-refractivity contribution in [2.45, 2.75) is 31.7 Å². The zero-order valence-corrected chi connectivity index (χ0v) is 17.1. The molecule has 1 amide bonds. The fraction of sp³-hybridized carbons (Fsp3) is 0.524. The van der Waals surface area contributed by atoms with Crippen LogP contribution in [0.4, 0.5) is 5.82 Å². The van der Waals surface area contributed by atoms with Gasteiger partial charge in [-0.15, -0.1) is 0 Å². The van der Waals surface area contributed by atoms with E-state index in [9.17, 15) is 4.79 Å². The van der Waals surface area contributed by atoms with Crippen LogP contribution in [-0.4, -0.2) is 72.0 Å². The van der Waals surface area contributed by atoms with Crippen LogP contribution in [0.2, 0.25) is 0 Å². The van der Waals surface area contributed by atoms with Gasteiger partial charge in [-0.2, -0.15) is 0 Å². The van der Waals surface area contributed by atoms with E-state index in [0.29, 0.717) is 30.5 Å². The third kappa shape index (κ3) is 4.68. The lowest BCUT2D eigenvalue weighted by Crippen LogP contribution is -2.41. The number of rotatable bonds is 8. The lowest BCUT2D eigenvalue weighted by molar-refractivity contribution is -0.120. The van der Waals surface area contributed by atoms with Gasteiger partial charge in [-0.05, 0) is 31.7 Å². The van der Waals surface area contributed by atoms with Crippen LogP contribution in [0, 0.1) is 0 Å². The van der Waals surface area contributed by atoms with E-state index in [1.165, 1.54) is 0 Å². The number of hydrogen-bond acceptors (Lipinski definition) is 8. The molecule has 30 heavy (non-hydrogen) atoms. The number of carbonyl (C=O) groups excluding carboxylic acids is 1. The van der Waals surface area contributed by atoms with E-state index < -0.39 is 0 Å². The van der Waals surface area contributed by atoms with E-state index in [0.717, 1.165) is 42.8 Å². The highest BCUT2D eigenvalue weighted by Gasteiger charge is 2.24. The Kier molecular flexibility index (Phi) is 6.39. The van der Waals surface area contributed by atoms with Gasteiger partial charge in [0.05, 0.1) is 25.8 Å². The van der Waals surface area contributed by atoms with Gasteiger partial charge in [0.15, 0.2) is 5.82 Å². The number of aryl methyl sites for hydroxylation is 1. The molecule has 2 aromatic rings. The van der Waals surface area contributed by atoms with E-state index >= 15 is 0 Å². The second-order valence-electron chi connectivity index (χ2n) is 7.58. The first kappa shape index (κ1) is 20.5. The molecule has 1 atom stereocenters. The second kappa shape index (κ2) is 9.36. The third-order valence-electron chi connectivity index (χ3n) is 5.27. The molecule has 4 rings (SSSR count). The van der Waals surface area contributed by atoms with Crippen molar-refractivity contribution < 1.29 is 19.4 Å². The lowest BCUT2D eigenvalue weighted by Gasteiger charge is -2.22. The summed E-state index contributed by atoms with van der Waals surface area (Å²) in [4.78, 5) is 28.2. The smallest absolute Gasteiger partial charge is 0.239 e. The topological polar surface area (TPSA) is 110 Å². The number of hydrogen-bond donors (Lipinski definition) is 2. The Morgan fingerprint density at radius 1 is 1.40 bits per heavy atom. The predicted molar refractivity (Wildman–Crippen MR) is 111 cm³/mol. The first-order valence-corrected chi connectivity index (χ1v) is 10.3. The molecule has 1 fully saturated rings. The number of aromatic nitrogens is 3. The number of aliphatic hydroxyl groups excluding tert-OH is 1. The van der Waals surface area contributed by atoms with Crippen LogP contribution in [0.25, 0.3) is 11.5 Å². The van der Waals surface area contributed by atoms with Crippen LogP contribution < -0.4 is 15.0 Å². The number of nitrogens with one attached hydrogen (secondary N) is 1. The number of ether oxygens (including phenoxy) is 2. The maximum atomic E-state index is 12.5. The number of likely N-dealkylation sites (N-methyl/N-ethyl adjacent to an activating group) is 1. The van der Waals surface area contributed by atoms with Crippen molar-refractivity contribution in [3.8, 4) is 17.3 Å². The highest BCUT2D eigenvalue weighted by atomic mass is 16.5. The molecule has 0 bridgehead atoms. The molecule has 2 aromatic heterocycles. The van der Waals surface area contributed by atoms with Crippen LogP contribution in [0.3, 0.4) is 0 Å². The zero-order valence-electron chi connectivity index (χ0n) is 17.1. The predicted octanol–water partition coefficient (Wildman–Crippen LogP) is 0.740. The molecule has 3 heterocycles. The summed E-state index contributed by atoms with van der Waals surface area (Å²) in [5.41, 5.74) is 2.71. The first-order valence-electron chi connectivity index (χ1n) is 10.3. The van der Waals surface area contributed by atoms with Gasteiger partial charge in [-0.3, -0.25) is 9.78 Å². The van der Waals surface area contributed by atoms with Crippen molar-refractivity contribution in [3.05, 3.63) is 29.6 Å². The molecule has 1 aliphatic heterocycles. The summed E-state index contributed by atoms with van der Waals surface area (Å²) in [6.45, 7) is 1.63. The number of anilines is 1. The highest BCUT2D eigenvalue weighted by Crippen LogP contribution is 2.31. The molecule has 0 saturated carbocycles. The van der Waals surface area contributed by atoms with E-state index in [1.54, 1.807) is 18.3 Å². The molecular weight excluding hydrogens is 386 g/mol. The van der Waals surface area contributed by atoms with E-state index in [-0.39, 0.29) is 31.7 Å². The van der Waals surface area contributed by atoms with Crippen molar-refractivity contribution in [2.24, 2.45) is 0 Å². The number of fused-ring (bicyclic) bond motifs is 1. The van der Waals surface area contributed by atoms with Crippen molar-refractivity contribution in [3.63, 3.8) is 0 Å². The van der Waals surface area contributed by atoms with Crippen molar-refractivity contribution >= 4 is 11.7 Å². The fourth-order valence-corrected chi connectivity index (χ4v) is 3.84. The van der Waals surface area contributed by atoms with Crippen molar-refractivity contribution in [2.75, 3.05) is 44.9 Å². The number of nitrogens with zero attached hydrogens (tertiary/aromatic N) is 4. The summed E-state index contributed by atoms with van der Waals surface area (Å²) in [6, 6.07) is 3.59. The minimum Gasteiger partial charge on any atom is -0.491 e. The monoisotopic (exact) mass is 413 g/mol. The van der Waals surface area contributed by atoms with Gasteiger partial charge in [0.2, 0.25) is 5.91 Å². The summed E-state index contributed by atoms with van der Waals surface area (Å²) in [6.07, 6.45) is 5.30. The summed E-state index contributed by atoms with van der Waals surface area (Å²) in [5.74, 6) is 1.84. The maximum absolute atomic E-state index is 12.5. The molecule has 0 radical (unpaired) electrons. The van der Waals surface area contributed by atoms with Gasteiger partial charge < -0.3 is 24.8 Å². The molecule has 2 aliphatic rings. The van der Waals surface area contributed by atoms with E-state index in [4.69, 9.17) is 24.5 Å².